The summed E-state index contributed by atoms with van der Waals surface area (Å²) >= 11 is 0. The Bertz CT molecular complexity index is 495. The van der Waals surface area contributed by atoms with Crippen LogP contribution in [0.25, 0.3) is 0 Å². The molecule has 2 rings (SSSR count). The molecule has 1 aromatic carbocycles. The Labute approximate surface area is 107 Å². The van der Waals surface area contributed by atoms with E-state index in [1.54, 1.807) is 0 Å². The van der Waals surface area contributed by atoms with Crippen LogP contribution in [-0.2, 0) is 14.9 Å². The molecule has 18 heavy (non-hydrogen) atoms. The van der Waals surface area contributed by atoms with Crippen molar-refractivity contribution in [1.29, 1.82) is 5.26 Å². The zero-order chi connectivity index (χ0) is 13.4. The largest absolute Gasteiger partial charge is 0.460 e. The lowest BCUT2D eigenvalue weighted by molar-refractivity contribution is -0.156. The van der Waals surface area contributed by atoms with Gasteiger partial charge in [-0.3, -0.25) is 4.79 Å². The van der Waals surface area contributed by atoms with Gasteiger partial charge in [-0.05, 0) is 32.8 Å². The van der Waals surface area contributed by atoms with Crippen LogP contribution in [0.3, 0.4) is 0 Å². The predicted molar refractivity (Wildman–Crippen MR) is 67.7 cm³/mol. The molecule has 2 atom stereocenters. The molecule has 0 heterocycles. The molecular formula is C15H17NO2. The summed E-state index contributed by atoms with van der Waals surface area (Å²) in [7, 11) is 0. The first-order valence-electron chi connectivity index (χ1n) is 6.09. The maximum Gasteiger partial charge on any atom is 0.311 e. The van der Waals surface area contributed by atoms with Crippen molar-refractivity contribution >= 4 is 5.97 Å². The van der Waals surface area contributed by atoms with Gasteiger partial charge < -0.3 is 4.74 Å². The quantitative estimate of drug-likeness (QED) is 0.750. The third-order valence-corrected chi connectivity index (χ3v) is 3.14. The van der Waals surface area contributed by atoms with Gasteiger partial charge in [0.05, 0.1) is 17.4 Å². The minimum Gasteiger partial charge on any atom is -0.460 e. The van der Waals surface area contributed by atoms with Crippen LogP contribution in [0.15, 0.2) is 30.3 Å². The average Bonchev–Trinajstić information content (AvgIpc) is 3.04. The Morgan fingerprint density at radius 3 is 2.50 bits per heavy atom. The summed E-state index contributed by atoms with van der Waals surface area (Å²) in [6.07, 6.45) is 0.558. The smallest absolute Gasteiger partial charge is 0.311 e. The number of ether oxygens (including phenoxy) is 1. The third-order valence-electron chi connectivity index (χ3n) is 3.14. The van der Waals surface area contributed by atoms with E-state index in [-0.39, 0.29) is 11.9 Å². The first-order chi connectivity index (χ1) is 8.39. The van der Waals surface area contributed by atoms with Crippen LogP contribution in [0.5, 0.6) is 0 Å². The van der Waals surface area contributed by atoms with E-state index in [0.29, 0.717) is 6.42 Å². The van der Waals surface area contributed by atoms with E-state index in [2.05, 4.69) is 6.07 Å². The summed E-state index contributed by atoms with van der Waals surface area (Å²) in [6, 6.07) is 11.8. The van der Waals surface area contributed by atoms with E-state index in [1.807, 2.05) is 51.1 Å². The molecule has 1 aromatic rings. The predicted octanol–water partition coefficient (Wildman–Crippen LogP) is 2.81. The number of benzene rings is 1. The summed E-state index contributed by atoms with van der Waals surface area (Å²) in [4.78, 5) is 12.0. The molecule has 3 nitrogen and oxygen atoms in total. The molecule has 0 aliphatic heterocycles. The van der Waals surface area contributed by atoms with Gasteiger partial charge in [-0.15, -0.1) is 0 Å². The van der Waals surface area contributed by atoms with E-state index < -0.39 is 11.0 Å². The van der Waals surface area contributed by atoms with Crippen molar-refractivity contribution < 1.29 is 9.53 Å². The van der Waals surface area contributed by atoms with E-state index >= 15 is 0 Å². The molecule has 0 bridgehead atoms. The normalized spacial score (nSPS) is 26.2. The third kappa shape index (κ3) is 2.24. The standard InChI is InChI=1S/C15H17NO2/c1-14(2,3)18-13(17)12-9-15(12,10-16)11-7-5-4-6-8-11/h4-8,12H,9H2,1-3H3/t12-,15+/m0/s1. The molecule has 1 aliphatic rings. The van der Waals surface area contributed by atoms with Gasteiger partial charge >= 0.3 is 5.97 Å². The van der Waals surface area contributed by atoms with Gasteiger partial charge in [-0.2, -0.15) is 5.26 Å². The second-order valence-corrected chi connectivity index (χ2v) is 5.74. The van der Waals surface area contributed by atoms with Crippen LogP contribution in [-0.4, -0.2) is 11.6 Å². The van der Waals surface area contributed by atoms with E-state index in [1.165, 1.54) is 0 Å². The molecule has 0 saturated heterocycles. The van der Waals surface area contributed by atoms with Gasteiger partial charge in [0.15, 0.2) is 0 Å². The van der Waals surface area contributed by atoms with E-state index in [9.17, 15) is 10.1 Å². The minimum absolute atomic E-state index is 0.270. The van der Waals surface area contributed by atoms with Crippen molar-refractivity contribution in [2.24, 2.45) is 5.92 Å². The monoisotopic (exact) mass is 243 g/mol. The number of hydrogen-bond donors (Lipinski definition) is 0. The molecule has 0 unspecified atom stereocenters. The first kappa shape index (κ1) is 12.6. The summed E-state index contributed by atoms with van der Waals surface area (Å²) in [6.45, 7) is 5.51. The van der Waals surface area contributed by atoms with Crippen molar-refractivity contribution in [3.63, 3.8) is 0 Å². The number of rotatable bonds is 2. The van der Waals surface area contributed by atoms with Gasteiger partial charge in [-0.25, -0.2) is 0 Å². The van der Waals surface area contributed by atoms with E-state index in [0.717, 1.165) is 5.56 Å². The summed E-state index contributed by atoms with van der Waals surface area (Å²) in [5.74, 6) is -0.600. The van der Waals surface area contributed by atoms with Crippen LogP contribution in [0.1, 0.15) is 32.8 Å². The van der Waals surface area contributed by atoms with Crippen LogP contribution in [0.4, 0.5) is 0 Å². The fourth-order valence-electron chi connectivity index (χ4n) is 2.16. The van der Waals surface area contributed by atoms with Gasteiger partial charge in [0, 0.05) is 0 Å². The highest BCUT2D eigenvalue weighted by Crippen LogP contribution is 2.54. The molecule has 0 amide bonds. The highest BCUT2D eigenvalue weighted by atomic mass is 16.6. The lowest BCUT2D eigenvalue weighted by atomic mass is 9.95. The molecule has 0 N–H and O–H groups in total. The zero-order valence-electron chi connectivity index (χ0n) is 10.9. The number of carbonyl (C=O) groups excluding carboxylic acids is 1. The van der Waals surface area contributed by atoms with Crippen LogP contribution >= 0.6 is 0 Å². The average molecular weight is 243 g/mol. The lowest BCUT2D eigenvalue weighted by Crippen LogP contribution is -2.27. The molecule has 0 aromatic heterocycles. The van der Waals surface area contributed by atoms with Crippen LogP contribution < -0.4 is 0 Å². The Morgan fingerprint density at radius 1 is 1.39 bits per heavy atom. The maximum absolute atomic E-state index is 12.0. The Kier molecular flexibility index (Phi) is 2.90. The second kappa shape index (κ2) is 4.13. The SMILES string of the molecule is CC(C)(C)OC(=O)[C@@H]1C[C@@]1(C#N)c1ccccc1. The topological polar surface area (TPSA) is 50.1 Å². The fraction of sp³-hybridized carbons (Fsp3) is 0.467. The number of hydrogen-bond acceptors (Lipinski definition) is 3. The Balaban J connectivity index is 2.17. The molecule has 1 fully saturated rings. The summed E-state index contributed by atoms with van der Waals surface area (Å²) < 4.78 is 5.35. The van der Waals surface area contributed by atoms with Crippen molar-refractivity contribution in [1.82, 2.24) is 0 Å². The van der Waals surface area contributed by atoms with Gasteiger partial charge in [0.2, 0.25) is 0 Å². The minimum atomic E-state index is -0.677. The zero-order valence-corrected chi connectivity index (χ0v) is 10.9. The Morgan fingerprint density at radius 2 is 2.00 bits per heavy atom. The van der Waals surface area contributed by atoms with Crippen LogP contribution in [0.2, 0.25) is 0 Å². The van der Waals surface area contributed by atoms with Gasteiger partial charge in [-0.1, -0.05) is 30.3 Å². The van der Waals surface area contributed by atoms with Crippen molar-refractivity contribution in [3.05, 3.63) is 35.9 Å². The highest BCUT2D eigenvalue weighted by Gasteiger charge is 2.61. The fourth-order valence-corrected chi connectivity index (χ4v) is 2.16. The molecule has 1 saturated carbocycles. The molecule has 0 spiro atoms. The van der Waals surface area contributed by atoms with Gasteiger partial charge in [0.1, 0.15) is 5.60 Å². The van der Waals surface area contributed by atoms with Crippen LogP contribution in [0, 0.1) is 17.2 Å². The number of nitrogens with zero attached hydrogens (tertiary/aromatic N) is 1. The highest BCUT2D eigenvalue weighted by molar-refractivity contribution is 5.81. The molecule has 94 valence electrons. The second-order valence-electron chi connectivity index (χ2n) is 5.74. The molecule has 3 heteroatoms. The van der Waals surface area contributed by atoms with Crippen molar-refractivity contribution in [3.8, 4) is 6.07 Å². The first-order valence-corrected chi connectivity index (χ1v) is 6.09. The number of esters is 1. The number of carbonyl (C=O) groups is 1. The van der Waals surface area contributed by atoms with E-state index in [4.69, 9.17) is 4.74 Å². The maximum atomic E-state index is 12.0. The molecule has 0 radical (unpaired) electrons. The molecule has 1 aliphatic carbocycles. The number of nitriles is 1. The van der Waals surface area contributed by atoms with Crippen molar-refractivity contribution in [2.45, 2.75) is 38.2 Å². The molecular weight excluding hydrogens is 226 g/mol. The van der Waals surface area contributed by atoms with Gasteiger partial charge in [0.25, 0.3) is 0 Å². The summed E-state index contributed by atoms with van der Waals surface area (Å²) in [5, 5.41) is 9.37. The lowest BCUT2D eigenvalue weighted by Gasteiger charge is -2.20. The Hall–Kier alpha value is -1.82. The summed E-state index contributed by atoms with van der Waals surface area (Å²) in [5.41, 5.74) is -0.274. The van der Waals surface area contributed by atoms with Crippen molar-refractivity contribution in [2.75, 3.05) is 0 Å².